The highest BCUT2D eigenvalue weighted by molar-refractivity contribution is 14.0. The van der Waals surface area contributed by atoms with E-state index < -0.39 is 10.0 Å². The van der Waals surface area contributed by atoms with Crippen LogP contribution in [0.2, 0.25) is 0 Å². The Hall–Kier alpha value is -1.07. The van der Waals surface area contributed by atoms with Gasteiger partial charge in [-0.1, -0.05) is 18.2 Å². The van der Waals surface area contributed by atoms with E-state index >= 15 is 0 Å². The zero-order valence-electron chi connectivity index (χ0n) is 15.8. The topological polar surface area (TPSA) is 83.0 Å². The Morgan fingerprint density at radius 3 is 2.52 bits per heavy atom. The lowest BCUT2D eigenvalue weighted by Crippen LogP contribution is -2.45. The highest BCUT2D eigenvalue weighted by Gasteiger charge is 2.25. The largest absolute Gasteiger partial charge is 0.488 e. The SMILES string of the molecule is CN=C(NCC1CCN(S(C)(=O)=O)CC1)NCC1Cc2ccccc2O1.I. The lowest BCUT2D eigenvalue weighted by molar-refractivity contribution is 0.234. The van der Waals surface area contributed by atoms with Gasteiger partial charge in [0.2, 0.25) is 10.0 Å². The van der Waals surface area contributed by atoms with E-state index in [1.807, 2.05) is 18.2 Å². The lowest BCUT2D eigenvalue weighted by atomic mass is 9.98. The number of nitrogens with one attached hydrogen (secondary N) is 2. The lowest BCUT2D eigenvalue weighted by Gasteiger charge is -2.30. The molecule has 0 bridgehead atoms. The van der Waals surface area contributed by atoms with E-state index in [-0.39, 0.29) is 30.1 Å². The van der Waals surface area contributed by atoms with Crippen molar-refractivity contribution >= 4 is 40.0 Å². The third-order valence-electron chi connectivity index (χ3n) is 5.04. The smallest absolute Gasteiger partial charge is 0.211 e. The van der Waals surface area contributed by atoms with Crippen molar-refractivity contribution in [3.8, 4) is 5.75 Å². The van der Waals surface area contributed by atoms with Crippen molar-refractivity contribution in [2.24, 2.45) is 10.9 Å². The van der Waals surface area contributed by atoms with Crippen LogP contribution in [0.15, 0.2) is 29.3 Å². The minimum atomic E-state index is -3.06. The first-order valence-corrected chi connectivity index (χ1v) is 10.9. The Labute approximate surface area is 179 Å². The number of hydrogen-bond acceptors (Lipinski definition) is 4. The summed E-state index contributed by atoms with van der Waals surface area (Å²) in [5, 5.41) is 6.68. The summed E-state index contributed by atoms with van der Waals surface area (Å²) in [6.45, 7) is 2.70. The Kier molecular flexibility index (Phi) is 8.17. The van der Waals surface area contributed by atoms with Gasteiger partial charge in [0.25, 0.3) is 0 Å². The number of nitrogens with zero attached hydrogens (tertiary/aromatic N) is 2. The summed E-state index contributed by atoms with van der Waals surface area (Å²) in [6.07, 6.45) is 4.05. The molecule has 2 aliphatic rings. The molecule has 2 N–H and O–H groups in total. The van der Waals surface area contributed by atoms with Gasteiger partial charge in [-0.05, 0) is 30.4 Å². The summed E-state index contributed by atoms with van der Waals surface area (Å²) in [6, 6.07) is 8.13. The Balaban J connectivity index is 0.00000261. The number of guanidine groups is 1. The van der Waals surface area contributed by atoms with Crippen molar-refractivity contribution in [2.45, 2.75) is 25.4 Å². The second-order valence-corrected chi connectivity index (χ2v) is 8.97. The number of benzene rings is 1. The highest BCUT2D eigenvalue weighted by Crippen LogP contribution is 2.27. The van der Waals surface area contributed by atoms with Crippen molar-refractivity contribution < 1.29 is 13.2 Å². The molecular weight excluding hydrogens is 479 g/mol. The molecule has 0 spiro atoms. The van der Waals surface area contributed by atoms with Crippen molar-refractivity contribution in [3.05, 3.63) is 29.8 Å². The molecule has 1 aromatic rings. The van der Waals surface area contributed by atoms with Crippen molar-refractivity contribution in [2.75, 3.05) is 39.5 Å². The van der Waals surface area contributed by atoms with Gasteiger partial charge in [0.15, 0.2) is 5.96 Å². The van der Waals surface area contributed by atoms with E-state index in [2.05, 4.69) is 21.7 Å². The van der Waals surface area contributed by atoms with Gasteiger partial charge in [-0.3, -0.25) is 4.99 Å². The van der Waals surface area contributed by atoms with E-state index in [1.165, 1.54) is 11.8 Å². The maximum Gasteiger partial charge on any atom is 0.211 e. The quantitative estimate of drug-likeness (QED) is 0.358. The summed E-state index contributed by atoms with van der Waals surface area (Å²) in [5.74, 6) is 2.19. The third kappa shape index (κ3) is 6.21. The molecule has 1 saturated heterocycles. The molecule has 2 aliphatic heterocycles. The van der Waals surface area contributed by atoms with Crippen LogP contribution in [0.1, 0.15) is 18.4 Å². The first-order valence-electron chi connectivity index (χ1n) is 9.10. The van der Waals surface area contributed by atoms with E-state index in [4.69, 9.17) is 4.74 Å². The number of piperidine rings is 1. The Bertz CT molecular complexity index is 724. The molecule has 0 aromatic heterocycles. The summed E-state index contributed by atoms with van der Waals surface area (Å²) in [5.41, 5.74) is 1.25. The predicted molar refractivity (Wildman–Crippen MR) is 118 cm³/mol. The van der Waals surface area contributed by atoms with Crippen LogP contribution >= 0.6 is 24.0 Å². The third-order valence-corrected chi connectivity index (χ3v) is 6.34. The number of aliphatic imine (C=N–C) groups is 1. The second-order valence-electron chi connectivity index (χ2n) is 6.99. The van der Waals surface area contributed by atoms with Crippen LogP contribution < -0.4 is 15.4 Å². The van der Waals surface area contributed by atoms with Crippen LogP contribution in [0, 0.1) is 5.92 Å². The minimum Gasteiger partial charge on any atom is -0.488 e. The number of fused-ring (bicyclic) bond motifs is 1. The van der Waals surface area contributed by atoms with Gasteiger partial charge < -0.3 is 15.4 Å². The fourth-order valence-electron chi connectivity index (χ4n) is 3.48. The Morgan fingerprint density at radius 2 is 1.89 bits per heavy atom. The van der Waals surface area contributed by atoms with Crippen LogP contribution in [0.4, 0.5) is 0 Å². The van der Waals surface area contributed by atoms with Gasteiger partial charge in [0, 0.05) is 33.1 Å². The van der Waals surface area contributed by atoms with Gasteiger partial charge in [-0.15, -0.1) is 24.0 Å². The standard InChI is InChI=1S/C18H28N4O3S.HI/c1-19-18(20-12-14-7-9-22(10-8-14)26(2,23)24)21-13-16-11-15-5-3-4-6-17(15)25-16;/h3-6,14,16H,7-13H2,1-2H3,(H2,19,20,21);1H. The van der Waals surface area contributed by atoms with Crippen molar-refractivity contribution in [1.29, 1.82) is 0 Å². The van der Waals surface area contributed by atoms with E-state index in [0.717, 1.165) is 37.5 Å². The van der Waals surface area contributed by atoms with Gasteiger partial charge in [-0.2, -0.15) is 0 Å². The van der Waals surface area contributed by atoms with Gasteiger partial charge in [0.1, 0.15) is 11.9 Å². The minimum absolute atomic E-state index is 0. The first kappa shape index (κ1) is 22.2. The van der Waals surface area contributed by atoms with Crippen molar-refractivity contribution in [3.63, 3.8) is 0 Å². The van der Waals surface area contributed by atoms with Crippen LogP contribution in [-0.2, 0) is 16.4 Å². The summed E-state index contributed by atoms with van der Waals surface area (Å²) in [4.78, 5) is 4.27. The number of ether oxygens (including phenoxy) is 1. The molecule has 0 radical (unpaired) electrons. The second kappa shape index (κ2) is 9.92. The molecule has 2 heterocycles. The van der Waals surface area contributed by atoms with E-state index in [1.54, 1.807) is 11.4 Å². The molecule has 0 aliphatic carbocycles. The van der Waals surface area contributed by atoms with Gasteiger partial charge in [-0.25, -0.2) is 12.7 Å². The number of sulfonamides is 1. The zero-order valence-corrected chi connectivity index (χ0v) is 19.0. The fourth-order valence-corrected chi connectivity index (χ4v) is 4.36. The summed E-state index contributed by atoms with van der Waals surface area (Å²) in [7, 11) is -1.31. The van der Waals surface area contributed by atoms with Gasteiger partial charge >= 0.3 is 0 Å². The van der Waals surface area contributed by atoms with Crippen LogP contribution in [-0.4, -0.2) is 64.3 Å². The van der Waals surface area contributed by atoms with E-state index in [9.17, 15) is 8.42 Å². The molecule has 0 saturated carbocycles. The molecule has 9 heteroatoms. The van der Waals surface area contributed by atoms with E-state index in [0.29, 0.717) is 25.6 Å². The molecule has 1 fully saturated rings. The number of hydrogen-bond donors (Lipinski definition) is 2. The molecule has 1 aromatic carbocycles. The average Bonchev–Trinajstić information content (AvgIpc) is 3.04. The van der Waals surface area contributed by atoms with Crippen LogP contribution in [0.5, 0.6) is 5.75 Å². The number of rotatable bonds is 5. The van der Waals surface area contributed by atoms with Crippen LogP contribution in [0.3, 0.4) is 0 Å². The molecule has 7 nitrogen and oxygen atoms in total. The monoisotopic (exact) mass is 508 g/mol. The maximum absolute atomic E-state index is 11.6. The molecule has 27 heavy (non-hydrogen) atoms. The molecule has 3 rings (SSSR count). The van der Waals surface area contributed by atoms with Crippen molar-refractivity contribution in [1.82, 2.24) is 14.9 Å². The van der Waals surface area contributed by atoms with Gasteiger partial charge in [0.05, 0.1) is 12.8 Å². The molecule has 0 amide bonds. The fraction of sp³-hybridized carbons (Fsp3) is 0.611. The number of halogens is 1. The molecule has 1 unspecified atom stereocenters. The highest BCUT2D eigenvalue weighted by atomic mass is 127. The normalized spacial score (nSPS) is 21.1. The average molecular weight is 508 g/mol. The summed E-state index contributed by atoms with van der Waals surface area (Å²) >= 11 is 0. The number of para-hydroxylation sites is 1. The molecule has 1 atom stereocenters. The summed E-state index contributed by atoms with van der Waals surface area (Å²) < 4.78 is 30.6. The first-order chi connectivity index (χ1) is 12.5. The zero-order chi connectivity index (χ0) is 18.6. The molecular formula is C18H29IN4O3S. The molecule has 152 valence electrons. The maximum atomic E-state index is 11.6. The predicted octanol–water partition coefficient (Wildman–Crippen LogP) is 1.44. The Morgan fingerprint density at radius 1 is 1.22 bits per heavy atom. The van der Waals surface area contributed by atoms with Crippen LogP contribution in [0.25, 0.3) is 0 Å².